The minimum atomic E-state index is -0.437. The second-order valence-electron chi connectivity index (χ2n) is 8.58. The molecular formula is C26H26BrN5O4. The molecule has 4 aromatic rings. The molecule has 4 rings (SSSR count). The lowest BCUT2D eigenvalue weighted by molar-refractivity contribution is -0.384. The van der Waals surface area contributed by atoms with Gasteiger partial charge in [0.15, 0.2) is 0 Å². The molecule has 10 heteroatoms. The van der Waals surface area contributed by atoms with E-state index in [4.69, 9.17) is 9.72 Å². The van der Waals surface area contributed by atoms with E-state index in [1.54, 1.807) is 18.3 Å². The predicted molar refractivity (Wildman–Crippen MR) is 144 cm³/mol. The second kappa shape index (κ2) is 10.1. The second-order valence-corrected chi connectivity index (χ2v) is 9.49. The number of aryl methyl sites for hydroxylation is 1. The highest BCUT2D eigenvalue weighted by Gasteiger charge is 2.19. The Labute approximate surface area is 216 Å². The zero-order valence-electron chi connectivity index (χ0n) is 20.7. The summed E-state index contributed by atoms with van der Waals surface area (Å²) in [5, 5.41) is 16.4. The van der Waals surface area contributed by atoms with Gasteiger partial charge in [-0.1, -0.05) is 29.8 Å². The van der Waals surface area contributed by atoms with Gasteiger partial charge in [-0.15, -0.1) is 0 Å². The summed E-state index contributed by atoms with van der Waals surface area (Å²) < 4.78 is 9.50. The number of hydrogen-bond acceptors (Lipinski definition) is 6. The van der Waals surface area contributed by atoms with Crippen molar-refractivity contribution < 1.29 is 9.66 Å². The van der Waals surface area contributed by atoms with Crippen LogP contribution in [0.15, 0.2) is 56.8 Å². The van der Waals surface area contributed by atoms with Crippen LogP contribution in [0, 0.1) is 24.0 Å². The maximum Gasteiger partial charge on any atom is 0.282 e. The van der Waals surface area contributed by atoms with Crippen molar-refractivity contribution in [3.63, 3.8) is 0 Å². The monoisotopic (exact) mass is 551 g/mol. The molecule has 0 fully saturated rings. The molecule has 0 radical (unpaired) electrons. The standard InChI is InChI=1S/C26H26BrN5O4/c1-6-15(2)25-29-22-9-7-19(27)12-21(22)26(33)31(25)28-14-18-11-16(3)30(17(18)4)23-13-20(32(34)35)8-10-24(23)36-5/h7-15H,6H2,1-5H3/t15-/m0/s1. The largest absolute Gasteiger partial charge is 0.495 e. The van der Waals surface area contributed by atoms with Crippen LogP contribution >= 0.6 is 15.9 Å². The third-order valence-corrected chi connectivity index (χ3v) is 6.78. The lowest BCUT2D eigenvalue weighted by atomic mass is 10.1. The summed E-state index contributed by atoms with van der Waals surface area (Å²) in [7, 11) is 1.52. The van der Waals surface area contributed by atoms with E-state index in [0.29, 0.717) is 28.2 Å². The van der Waals surface area contributed by atoms with E-state index in [2.05, 4.69) is 21.0 Å². The average molecular weight is 552 g/mol. The Hall–Kier alpha value is -3.79. The molecule has 2 heterocycles. The normalized spacial score (nSPS) is 12.4. The van der Waals surface area contributed by atoms with Crippen LogP contribution in [0.2, 0.25) is 0 Å². The van der Waals surface area contributed by atoms with Gasteiger partial charge in [-0.3, -0.25) is 14.9 Å². The van der Waals surface area contributed by atoms with Crippen molar-refractivity contribution in [3.05, 3.63) is 90.2 Å². The SMILES string of the molecule is CC[C@H](C)c1nc2ccc(Br)cc2c(=O)n1N=Cc1cc(C)n(-c2cc([N+](=O)[O-])ccc2OC)c1C. The summed E-state index contributed by atoms with van der Waals surface area (Å²) in [4.78, 5) is 29.1. The van der Waals surface area contributed by atoms with Crippen molar-refractivity contribution in [1.82, 2.24) is 14.2 Å². The van der Waals surface area contributed by atoms with Crippen molar-refractivity contribution in [2.75, 3.05) is 7.11 Å². The Bertz CT molecular complexity index is 1570. The Morgan fingerprint density at radius 2 is 1.97 bits per heavy atom. The first-order chi connectivity index (χ1) is 17.2. The molecule has 0 bridgehead atoms. The minimum Gasteiger partial charge on any atom is -0.495 e. The third-order valence-electron chi connectivity index (χ3n) is 6.28. The predicted octanol–water partition coefficient (Wildman–Crippen LogP) is 5.88. The molecule has 0 N–H and O–H groups in total. The average Bonchev–Trinajstić information content (AvgIpc) is 3.15. The van der Waals surface area contributed by atoms with Gasteiger partial charge in [0.2, 0.25) is 0 Å². The van der Waals surface area contributed by atoms with Crippen LogP contribution in [0.4, 0.5) is 5.69 Å². The fourth-order valence-corrected chi connectivity index (χ4v) is 4.52. The fraction of sp³-hybridized carbons (Fsp3) is 0.269. The van der Waals surface area contributed by atoms with Gasteiger partial charge in [0.05, 0.1) is 34.8 Å². The molecule has 2 aromatic carbocycles. The molecule has 1 atom stereocenters. The molecule has 0 spiro atoms. The number of hydrogen-bond donors (Lipinski definition) is 0. The van der Waals surface area contributed by atoms with Crippen molar-refractivity contribution in [2.24, 2.45) is 5.10 Å². The van der Waals surface area contributed by atoms with Crippen molar-refractivity contribution >= 4 is 38.7 Å². The highest BCUT2D eigenvalue weighted by atomic mass is 79.9. The van der Waals surface area contributed by atoms with Gasteiger partial charge in [-0.05, 0) is 50.6 Å². The van der Waals surface area contributed by atoms with Gasteiger partial charge in [0, 0.05) is 39.5 Å². The van der Waals surface area contributed by atoms with E-state index < -0.39 is 4.92 Å². The Kier molecular flexibility index (Phi) is 7.07. The number of halogens is 1. The summed E-state index contributed by atoms with van der Waals surface area (Å²) in [5.41, 5.74) is 3.29. The molecule has 0 aliphatic rings. The number of nitro groups is 1. The molecule has 0 aliphatic carbocycles. The number of methoxy groups -OCH3 is 1. The first kappa shape index (κ1) is 25.3. The Morgan fingerprint density at radius 1 is 1.22 bits per heavy atom. The van der Waals surface area contributed by atoms with Gasteiger partial charge >= 0.3 is 0 Å². The Balaban J connectivity index is 1.87. The third kappa shape index (κ3) is 4.56. The summed E-state index contributed by atoms with van der Waals surface area (Å²) in [6.45, 7) is 7.84. The molecular weight excluding hydrogens is 526 g/mol. The van der Waals surface area contributed by atoms with E-state index in [1.165, 1.54) is 23.9 Å². The number of fused-ring (bicyclic) bond motifs is 1. The number of aromatic nitrogens is 3. The van der Waals surface area contributed by atoms with Gasteiger partial charge < -0.3 is 9.30 Å². The maximum atomic E-state index is 13.4. The highest BCUT2D eigenvalue weighted by molar-refractivity contribution is 9.10. The van der Waals surface area contributed by atoms with Gasteiger partial charge in [0.1, 0.15) is 11.6 Å². The van der Waals surface area contributed by atoms with Crippen molar-refractivity contribution in [3.8, 4) is 11.4 Å². The van der Waals surface area contributed by atoms with Crippen LogP contribution < -0.4 is 10.3 Å². The summed E-state index contributed by atoms with van der Waals surface area (Å²) in [6, 6.07) is 11.8. The fourth-order valence-electron chi connectivity index (χ4n) is 4.15. The van der Waals surface area contributed by atoms with Crippen LogP contribution in [-0.2, 0) is 0 Å². The van der Waals surface area contributed by atoms with Crippen LogP contribution in [0.25, 0.3) is 16.6 Å². The van der Waals surface area contributed by atoms with Crippen LogP contribution in [0.1, 0.15) is 49.0 Å². The Morgan fingerprint density at radius 3 is 2.64 bits per heavy atom. The van der Waals surface area contributed by atoms with Crippen LogP contribution in [0.3, 0.4) is 0 Å². The molecule has 36 heavy (non-hydrogen) atoms. The maximum absolute atomic E-state index is 13.4. The number of benzene rings is 2. The summed E-state index contributed by atoms with van der Waals surface area (Å²) in [6.07, 6.45) is 2.42. The van der Waals surface area contributed by atoms with E-state index >= 15 is 0 Å². The van der Waals surface area contributed by atoms with Gasteiger partial charge in [0.25, 0.3) is 11.2 Å². The van der Waals surface area contributed by atoms with Crippen molar-refractivity contribution in [2.45, 2.75) is 40.0 Å². The quantitative estimate of drug-likeness (QED) is 0.162. The van der Waals surface area contributed by atoms with Crippen molar-refractivity contribution in [1.29, 1.82) is 0 Å². The van der Waals surface area contributed by atoms with E-state index in [9.17, 15) is 14.9 Å². The number of non-ortho nitro benzene ring substituents is 1. The molecule has 9 nitrogen and oxygen atoms in total. The van der Waals surface area contributed by atoms with E-state index in [-0.39, 0.29) is 17.2 Å². The van der Waals surface area contributed by atoms with Crippen LogP contribution in [-0.4, -0.2) is 32.5 Å². The van der Waals surface area contributed by atoms with E-state index in [1.807, 2.05) is 50.5 Å². The number of ether oxygens (including phenoxy) is 1. The molecule has 186 valence electrons. The highest BCUT2D eigenvalue weighted by Crippen LogP contribution is 2.31. The van der Waals surface area contributed by atoms with Crippen LogP contribution in [0.5, 0.6) is 5.75 Å². The topological polar surface area (TPSA) is 105 Å². The molecule has 0 aliphatic heterocycles. The lowest BCUT2D eigenvalue weighted by Crippen LogP contribution is -2.23. The zero-order chi connectivity index (χ0) is 26.1. The molecule has 0 unspecified atom stereocenters. The molecule has 0 amide bonds. The summed E-state index contributed by atoms with van der Waals surface area (Å²) >= 11 is 3.43. The zero-order valence-corrected chi connectivity index (χ0v) is 22.2. The van der Waals surface area contributed by atoms with Gasteiger partial charge in [-0.2, -0.15) is 9.78 Å². The number of nitrogens with zero attached hydrogens (tertiary/aromatic N) is 5. The lowest BCUT2D eigenvalue weighted by Gasteiger charge is -2.14. The molecule has 2 aromatic heterocycles. The van der Waals surface area contributed by atoms with Gasteiger partial charge in [-0.25, -0.2) is 4.98 Å². The molecule has 0 saturated heterocycles. The minimum absolute atomic E-state index is 0.0180. The number of nitro benzene ring substituents is 1. The molecule has 0 saturated carbocycles. The first-order valence-electron chi connectivity index (χ1n) is 11.4. The van der Waals surface area contributed by atoms with E-state index in [0.717, 1.165) is 27.8 Å². The smallest absolute Gasteiger partial charge is 0.282 e. The summed E-state index contributed by atoms with van der Waals surface area (Å²) in [5.74, 6) is 1.11. The number of rotatable bonds is 7. The first-order valence-corrected chi connectivity index (χ1v) is 12.2.